The number of nitrogens with zero attached hydrogens (tertiary/aromatic N) is 2. The van der Waals surface area contributed by atoms with Crippen molar-refractivity contribution in [3.63, 3.8) is 0 Å². The molecule has 0 radical (unpaired) electrons. The first-order valence-corrected chi connectivity index (χ1v) is 6.87. The molecular formula is C11H14N2O2S. The number of fused-ring (bicyclic) bond motifs is 1. The summed E-state index contributed by atoms with van der Waals surface area (Å²) >= 11 is 0. The van der Waals surface area contributed by atoms with E-state index in [9.17, 15) is 8.42 Å². The van der Waals surface area contributed by atoms with E-state index in [2.05, 4.69) is 9.97 Å². The summed E-state index contributed by atoms with van der Waals surface area (Å²) in [4.78, 5) is 8.34. The fraction of sp³-hybridized carbons (Fsp3) is 0.273. The van der Waals surface area contributed by atoms with Gasteiger partial charge in [-0.25, -0.2) is 8.42 Å². The summed E-state index contributed by atoms with van der Waals surface area (Å²) in [5.74, 6) is 0. The second-order valence-electron chi connectivity index (χ2n) is 2.98. The number of aromatic nitrogens is 2. The summed E-state index contributed by atoms with van der Waals surface area (Å²) in [5.41, 5.74) is 1.29. The lowest BCUT2D eigenvalue weighted by Crippen LogP contribution is -1.97. The second-order valence-corrected chi connectivity index (χ2v) is 4.99. The Hall–Kier alpha value is -1.49. The first-order valence-electron chi connectivity index (χ1n) is 4.98. The molecule has 4 nitrogen and oxygen atoms in total. The summed E-state index contributed by atoms with van der Waals surface area (Å²) in [6.07, 6.45) is 4.28. The molecule has 1 heterocycles. The summed E-state index contributed by atoms with van der Waals surface area (Å²) in [5, 5.41) is 0. The minimum absolute atomic E-state index is 0.269. The largest absolute Gasteiger partial charge is 0.253 e. The molecule has 0 aliphatic carbocycles. The maximum Gasteiger partial charge on any atom is 0.175 e. The van der Waals surface area contributed by atoms with E-state index >= 15 is 0 Å². The summed E-state index contributed by atoms with van der Waals surface area (Å²) in [7, 11) is -3.16. The van der Waals surface area contributed by atoms with Crippen molar-refractivity contribution in [1.82, 2.24) is 9.97 Å². The second kappa shape index (κ2) is 5.03. The van der Waals surface area contributed by atoms with Crippen molar-refractivity contribution in [1.29, 1.82) is 0 Å². The maximum atomic E-state index is 11.2. The molecule has 0 saturated heterocycles. The zero-order chi connectivity index (χ0) is 12.2. The van der Waals surface area contributed by atoms with Crippen molar-refractivity contribution in [3.05, 3.63) is 30.6 Å². The molecule has 0 aliphatic rings. The first kappa shape index (κ1) is 12.6. The van der Waals surface area contributed by atoms with Crippen LogP contribution in [0.1, 0.15) is 13.8 Å². The van der Waals surface area contributed by atoms with Crippen molar-refractivity contribution in [3.8, 4) is 0 Å². The monoisotopic (exact) mass is 238 g/mol. The molecule has 1 aromatic heterocycles. The maximum absolute atomic E-state index is 11.2. The average Bonchev–Trinajstić information content (AvgIpc) is 2.30. The van der Waals surface area contributed by atoms with Gasteiger partial charge in [-0.15, -0.1) is 0 Å². The normalized spacial score (nSPS) is 10.7. The molecule has 5 heteroatoms. The molecule has 0 spiro atoms. The lowest BCUT2D eigenvalue weighted by molar-refractivity contribution is 0.602. The van der Waals surface area contributed by atoms with Gasteiger partial charge in [0.2, 0.25) is 0 Å². The van der Waals surface area contributed by atoms with E-state index in [0.717, 1.165) is 0 Å². The molecule has 1 aromatic carbocycles. The molecule has 0 aliphatic heterocycles. The van der Waals surface area contributed by atoms with Crippen molar-refractivity contribution in [2.75, 3.05) is 6.26 Å². The summed E-state index contributed by atoms with van der Waals surface area (Å²) in [6, 6.07) is 4.71. The highest BCUT2D eigenvalue weighted by molar-refractivity contribution is 7.90. The van der Waals surface area contributed by atoms with Gasteiger partial charge in [0, 0.05) is 18.6 Å². The van der Waals surface area contributed by atoms with Gasteiger partial charge in [-0.3, -0.25) is 9.97 Å². The van der Waals surface area contributed by atoms with Crippen molar-refractivity contribution in [2.45, 2.75) is 18.7 Å². The topological polar surface area (TPSA) is 59.9 Å². The van der Waals surface area contributed by atoms with Crippen LogP contribution < -0.4 is 0 Å². The SMILES string of the molecule is CC.CS(=O)(=O)c1ccc2nccnc2c1. The number of hydrogen-bond donors (Lipinski definition) is 0. The number of hydrogen-bond acceptors (Lipinski definition) is 4. The lowest BCUT2D eigenvalue weighted by Gasteiger charge is -1.99. The third-order valence-corrected chi connectivity index (χ3v) is 2.98. The van der Waals surface area contributed by atoms with Crippen LogP contribution in [-0.4, -0.2) is 24.6 Å². The number of sulfone groups is 1. The highest BCUT2D eigenvalue weighted by Crippen LogP contribution is 2.14. The van der Waals surface area contributed by atoms with Gasteiger partial charge in [0.25, 0.3) is 0 Å². The predicted molar refractivity (Wildman–Crippen MR) is 64.0 cm³/mol. The van der Waals surface area contributed by atoms with Gasteiger partial charge < -0.3 is 0 Å². The minimum atomic E-state index is -3.16. The Labute approximate surface area is 95.3 Å². The third kappa shape index (κ3) is 2.76. The molecule has 0 unspecified atom stereocenters. The van der Waals surface area contributed by atoms with Crippen LogP contribution in [0.25, 0.3) is 11.0 Å². The highest BCUT2D eigenvalue weighted by Gasteiger charge is 2.07. The van der Waals surface area contributed by atoms with E-state index in [-0.39, 0.29) is 4.90 Å². The van der Waals surface area contributed by atoms with E-state index in [4.69, 9.17) is 0 Å². The molecule has 0 fully saturated rings. The van der Waals surface area contributed by atoms with Gasteiger partial charge in [-0.1, -0.05) is 13.8 Å². The molecule has 0 saturated carbocycles. The Balaban J connectivity index is 0.000000606. The van der Waals surface area contributed by atoms with Crippen LogP contribution in [-0.2, 0) is 9.84 Å². The lowest BCUT2D eigenvalue weighted by atomic mass is 10.3. The molecule has 16 heavy (non-hydrogen) atoms. The van der Waals surface area contributed by atoms with Gasteiger partial charge in [0.1, 0.15) is 0 Å². The fourth-order valence-electron chi connectivity index (χ4n) is 1.17. The Bertz CT molecular complexity index is 579. The molecule has 0 atom stereocenters. The van der Waals surface area contributed by atoms with Crippen molar-refractivity contribution < 1.29 is 8.42 Å². The smallest absolute Gasteiger partial charge is 0.175 e. The first-order chi connectivity index (χ1) is 7.57. The van der Waals surface area contributed by atoms with Crippen LogP contribution in [0, 0.1) is 0 Å². The van der Waals surface area contributed by atoms with Crippen LogP contribution in [0.2, 0.25) is 0 Å². The van der Waals surface area contributed by atoms with Crippen LogP contribution >= 0.6 is 0 Å². The molecular weight excluding hydrogens is 224 g/mol. The molecule has 0 bridgehead atoms. The number of rotatable bonds is 1. The standard InChI is InChI=1S/C9H8N2O2S.C2H6/c1-14(12,13)7-2-3-8-9(6-7)11-5-4-10-8;1-2/h2-6H,1H3;1-2H3. The Kier molecular flexibility index (Phi) is 3.95. The highest BCUT2D eigenvalue weighted by atomic mass is 32.2. The van der Waals surface area contributed by atoms with Gasteiger partial charge in [-0.2, -0.15) is 0 Å². The van der Waals surface area contributed by atoms with Crippen molar-refractivity contribution in [2.24, 2.45) is 0 Å². The van der Waals surface area contributed by atoms with Crippen LogP contribution in [0.4, 0.5) is 0 Å². The Morgan fingerprint density at radius 3 is 2.12 bits per heavy atom. The molecule has 0 amide bonds. The van der Waals surface area contributed by atoms with E-state index < -0.39 is 9.84 Å². The summed E-state index contributed by atoms with van der Waals surface area (Å²) in [6.45, 7) is 4.00. The summed E-state index contributed by atoms with van der Waals surface area (Å²) < 4.78 is 22.5. The van der Waals surface area contributed by atoms with Gasteiger partial charge in [-0.05, 0) is 18.2 Å². The molecule has 2 aromatic rings. The van der Waals surface area contributed by atoms with Crippen molar-refractivity contribution >= 4 is 20.9 Å². The fourth-order valence-corrected chi connectivity index (χ4v) is 1.81. The van der Waals surface area contributed by atoms with Crippen LogP contribution in [0.5, 0.6) is 0 Å². The predicted octanol–water partition coefficient (Wildman–Crippen LogP) is 2.06. The quantitative estimate of drug-likeness (QED) is 0.763. The van der Waals surface area contributed by atoms with Gasteiger partial charge in [0.05, 0.1) is 15.9 Å². The molecule has 0 N–H and O–H groups in total. The van der Waals surface area contributed by atoms with Crippen LogP contribution in [0.15, 0.2) is 35.5 Å². The Morgan fingerprint density at radius 1 is 1.00 bits per heavy atom. The van der Waals surface area contributed by atoms with E-state index in [1.165, 1.54) is 24.6 Å². The number of benzene rings is 1. The zero-order valence-corrected chi connectivity index (χ0v) is 10.3. The third-order valence-electron chi connectivity index (χ3n) is 1.87. The van der Waals surface area contributed by atoms with E-state index in [0.29, 0.717) is 11.0 Å². The minimum Gasteiger partial charge on any atom is -0.253 e. The molecule has 2 rings (SSSR count). The Morgan fingerprint density at radius 2 is 1.56 bits per heavy atom. The van der Waals surface area contributed by atoms with Gasteiger partial charge in [0.15, 0.2) is 9.84 Å². The van der Waals surface area contributed by atoms with E-state index in [1.807, 2.05) is 13.8 Å². The van der Waals surface area contributed by atoms with E-state index in [1.54, 1.807) is 12.3 Å². The van der Waals surface area contributed by atoms with Crippen LogP contribution in [0.3, 0.4) is 0 Å². The average molecular weight is 238 g/mol. The zero-order valence-electron chi connectivity index (χ0n) is 9.51. The van der Waals surface area contributed by atoms with Gasteiger partial charge >= 0.3 is 0 Å². The molecule has 86 valence electrons.